The molecule has 1 aliphatic rings. The van der Waals surface area contributed by atoms with Gasteiger partial charge in [0.25, 0.3) is 5.56 Å². The molecule has 3 rings (SSSR count). The Bertz CT molecular complexity index is 729. The Balaban J connectivity index is 2.18. The minimum Gasteiger partial charge on any atom is -0.294 e. The van der Waals surface area contributed by atoms with Crippen LogP contribution in [0.15, 0.2) is 29.1 Å². The summed E-state index contributed by atoms with van der Waals surface area (Å²) < 4.78 is 1.81. The van der Waals surface area contributed by atoms with E-state index in [4.69, 9.17) is 11.6 Å². The van der Waals surface area contributed by atoms with Gasteiger partial charge in [-0.3, -0.25) is 9.36 Å². The first kappa shape index (κ1) is 14.6. The van der Waals surface area contributed by atoms with Crippen LogP contribution in [0.1, 0.15) is 44.8 Å². The van der Waals surface area contributed by atoms with Crippen LogP contribution in [0.4, 0.5) is 0 Å². The molecule has 1 fully saturated rings. The molecule has 0 N–H and O–H groups in total. The Kier molecular flexibility index (Phi) is 3.56. The standard InChI is InChI=1S/C17H21ClN2O/c1-11(2)17(8-9-17)10-20-15(12(3)18)19-14-7-5-4-6-13(14)16(20)21/h4-7,11-12H,8-10H2,1-3H3. The minimum atomic E-state index is -0.273. The third-order valence-corrected chi connectivity index (χ3v) is 5.03. The van der Waals surface area contributed by atoms with Crippen molar-refractivity contribution in [3.05, 3.63) is 40.4 Å². The summed E-state index contributed by atoms with van der Waals surface area (Å²) in [6.07, 6.45) is 2.36. The van der Waals surface area contributed by atoms with E-state index in [1.807, 2.05) is 35.8 Å². The van der Waals surface area contributed by atoms with Crippen LogP contribution in [0.3, 0.4) is 0 Å². The molecule has 1 aromatic heterocycles. The zero-order valence-corrected chi connectivity index (χ0v) is 13.5. The Hall–Kier alpha value is -1.35. The van der Waals surface area contributed by atoms with Crippen molar-refractivity contribution >= 4 is 22.5 Å². The van der Waals surface area contributed by atoms with Crippen LogP contribution in [0, 0.1) is 11.3 Å². The highest BCUT2D eigenvalue weighted by molar-refractivity contribution is 6.20. The lowest BCUT2D eigenvalue weighted by molar-refractivity contribution is 0.300. The number of halogens is 1. The molecular formula is C17H21ClN2O. The van der Waals surface area contributed by atoms with Crippen LogP contribution >= 0.6 is 11.6 Å². The molecule has 1 aliphatic carbocycles. The Labute approximate surface area is 130 Å². The van der Waals surface area contributed by atoms with Gasteiger partial charge in [-0.2, -0.15) is 0 Å². The van der Waals surface area contributed by atoms with Crippen molar-refractivity contribution in [2.24, 2.45) is 11.3 Å². The Morgan fingerprint density at radius 3 is 2.52 bits per heavy atom. The largest absolute Gasteiger partial charge is 0.294 e. The van der Waals surface area contributed by atoms with Gasteiger partial charge in [-0.25, -0.2) is 4.98 Å². The van der Waals surface area contributed by atoms with Crippen molar-refractivity contribution in [2.45, 2.75) is 45.5 Å². The molecule has 0 amide bonds. The molecule has 21 heavy (non-hydrogen) atoms. The number of fused-ring (bicyclic) bond motifs is 1. The number of para-hydroxylation sites is 1. The maximum atomic E-state index is 12.8. The molecule has 1 heterocycles. The van der Waals surface area contributed by atoms with Gasteiger partial charge < -0.3 is 0 Å². The van der Waals surface area contributed by atoms with E-state index in [9.17, 15) is 4.79 Å². The summed E-state index contributed by atoms with van der Waals surface area (Å²) >= 11 is 6.29. The summed E-state index contributed by atoms with van der Waals surface area (Å²) in [5.41, 5.74) is 1.01. The van der Waals surface area contributed by atoms with Crippen molar-refractivity contribution in [2.75, 3.05) is 0 Å². The van der Waals surface area contributed by atoms with Gasteiger partial charge in [0.2, 0.25) is 0 Å². The summed E-state index contributed by atoms with van der Waals surface area (Å²) in [6.45, 7) is 7.07. The smallest absolute Gasteiger partial charge is 0.261 e. The summed E-state index contributed by atoms with van der Waals surface area (Å²) in [5.74, 6) is 1.25. The Morgan fingerprint density at radius 1 is 1.29 bits per heavy atom. The maximum absolute atomic E-state index is 12.8. The highest BCUT2D eigenvalue weighted by atomic mass is 35.5. The quantitative estimate of drug-likeness (QED) is 0.796. The molecule has 1 saturated carbocycles. The number of nitrogens with zero attached hydrogens (tertiary/aromatic N) is 2. The van der Waals surface area contributed by atoms with Crippen LogP contribution in [-0.2, 0) is 6.54 Å². The van der Waals surface area contributed by atoms with Gasteiger partial charge in [0.05, 0.1) is 16.3 Å². The molecule has 0 aliphatic heterocycles. The van der Waals surface area contributed by atoms with Crippen LogP contribution < -0.4 is 5.56 Å². The summed E-state index contributed by atoms with van der Waals surface area (Å²) in [4.78, 5) is 17.5. The molecule has 1 aromatic carbocycles. The number of aromatic nitrogens is 2. The highest BCUT2D eigenvalue weighted by Crippen LogP contribution is 2.53. The lowest BCUT2D eigenvalue weighted by Gasteiger charge is -2.23. The first-order chi connectivity index (χ1) is 9.94. The van der Waals surface area contributed by atoms with Crippen molar-refractivity contribution in [1.82, 2.24) is 9.55 Å². The third kappa shape index (κ3) is 2.48. The van der Waals surface area contributed by atoms with Crippen LogP contribution in [0.25, 0.3) is 10.9 Å². The molecule has 1 atom stereocenters. The van der Waals surface area contributed by atoms with E-state index >= 15 is 0 Å². The topological polar surface area (TPSA) is 34.9 Å². The molecule has 3 nitrogen and oxygen atoms in total. The Morgan fingerprint density at radius 2 is 1.95 bits per heavy atom. The van der Waals surface area contributed by atoms with Gasteiger partial charge in [0.1, 0.15) is 5.82 Å². The predicted molar refractivity (Wildman–Crippen MR) is 86.8 cm³/mol. The van der Waals surface area contributed by atoms with Crippen molar-refractivity contribution in [3.8, 4) is 0 Å². The molecule has 112 valence electrons. The molecule has 0 saturated heterocycles. The lowest BCUT2D eigenvalue weighted by Crippen LogP contribution is -2.31. The number of rotatable bonds is 4. The summed E-state index contributed by atoms with van der Waals surface area (Å²) in [6, 6.07) is 7.51. The van der Waals surface area contributed by atoms with E-state index in [1.165, 1.54) is 12.8 Å². The van der Waals surface area contributed by atoms with Crippen molar-refractivity contribution in [1.29, 1.82) is 0 Å². The fourth-order valence-electron chi connectivity index (χ4n) is 3.04. The second kappa shape index (κ2) is 5.13. The van der Waals surface area contributed by atoms with Crippen LogP contribution in [-0.4, -0.2) is 9.55 Å². The maximum Gasteiger partial charge on any atom is 0.261 e. The van der Waals surface area contributed by atoms with E-state index in [2.05, 4.69) is 18.8 Å². The average Bonchev–Trinajstić information content (AvgIpc) is 3.22. The SMILES string of the molecule is CC(Cl)c1nc2ccccc2c(=O)n1CC1(C(C)C)CC1. The van der Waals surface area contributed by atoms with E-state index in [1.54, 1.807) is 0 Å². The normalized spacial score (nSPS) is 18.1. The summed E-state index contributed by atoms with van der Waals surface area (Å²) in [5, 5.41) is 0.406. The fourth-order valence-corrected chi connectivity index (χ4v) is 3.20. The second-order valence-corrected chi connectivity index (χ2v) is 7.17. The predicted octanol–water partition coefficient (Wildman–Crippen LogP) is 4.13. The van der Waals surface area contributed by atoms with Crippen molar-refractivity contribution < 1.29 is 0 Å². The van der Waals surface area contributed by atoms with Gasteiger partial charge in [-0.1, -0.05) is 26.0 Å². The number of alkyl halides is 1. The number of benzene rings is 1. The lowest BCUT2D eigenvalue weighted by atomic mass is 9.92. The number of hydrogen-bond donors (Lipinski definition) is 0. The zero-order chi connectivity index (χ0) is 15.2. The van der Waals surface area contributed by atoms with Gasteiger partial charge >= 0.3 is 0 Å². The van der Waals surface area contributed by atoms with E-state index in [0.29, 0.717) is 17.1 Å². The average molecular weight is 305 g/mol. The van der Waals surface area contributed by atoms with Crippen LogP contribution in [0.5, 0.6) is 0 Å². The van der Waals surface area contributed by atoms with Gasteiger partial charge in [0.15, 0.2) is 0 Å². The van der Waals surface area contributed by atoms with E-state index in [-0.39, 0.29) is 16.4 Å². The first-order valence-corrected chi connectivity index (χ1v) is 8.02. The second-order valence-electron chi connectivity index (χ2n) is 6.51. The summed E-state index contributed by atoms with van der Waals surface area (Å²) in [7, 11) is 0. The zero-order valence-electron chi connectivity index (χ0n) is 12.8. The molecule has 4 heteroatoms. The fraction of sp³-hybridized carbons (Fsp3) is 0.529. The monoisotopic (exact) mass is 304 g/mol. The highest BCUT2D eigenvalue weighted by Gasteiger charge is 2.46. The molecule has 0 spiro atoms. The molecular weight excluding hydrogens is 284 g/mol. The third-order valence-electron chi connectivity index (χ3n) is 4.84. The van der Waals surface area contributed by atoms with Crippen molar-refractivity contribution in [3.63, 3.8) is 0 Å². The molecule has 2 aromatic rings. The van der Waals surface area contributed by atoms with E-state index in [0.717, 1.165) is 12.1 Å². The van der Waals surface area contributed by atoms with Gasteiger partial charge in [-0.05, 0) is 43.2 Å². The van der Waals surface area contributed by atoms with E-state index < -0.39 is 0 Å². The van der Waals surface area contributed by atoms with Crippen LogP contribution in [0.2, 0.25) is 0 Å². The molecule has 0 radical (unpaired) electrons. The number of hydrogen-bond acceptors (Lipinski definition) is 2. The molecule has 1 unspecified atom stereocenters. The minimum absolute atomic E-state index is 0.0371. The molecule has 0 bridgehead atoms. The van der Waals surface area contributed by atoms with Gasteiger partial charge in [-0.15, -0.1) is 11.6 Å². The first-order valence-electron chi connectivity index (χ1n) is 7.58. The van der Waals surface area contributed by atoms with Gasteiger partial charge in [0, 0.05) is 6.54 Å².